The molecule has 1 saturated heterocycles. The van der Waals surface area contributed by atoms with Crippen molar-refractivity contribution in [2.24, 2.45) is 0 Å². The summed E-state index contributed by atoms with van der Waals surface area (Å²) in [4.78, 5) is 26.0. The highest BCUT2D eigenvalue weighted by molar-refractivity contribution is 5.81. The molecule has 1 aliphatic rings. The van der Waals surface area contributed by atoms with Gasteiger partial charge in [0.15, 0.2) is 0 Å². The number of carbonyl (C=O) groups excluding carboxylic acids is 2. The Hall–Kier alpha value is -2.24. The molecular weight excluding hydrogens is 354 g/mol. The lowest BCUT2D eigenvalue weighted by Gasteiger charge is -2.31. The molecule has 0 radical (unpaired) electrons. The molecule has 0 atom stereocenters. The van der Waals surface area contributed by atoms with Crippen LogP contribution in [-0.4, -0.2) is 49.2 Å². The van der Waals surface area contributed by atoms with E-state index in [0.29, 0.717) is 31.5 Å². The lowest BCUT2D eigenvalue weighted by molar-refractivity contribution is -0.120. The number of rotatable bonds is 7. The molecule has 1 aromatic rings. The third-order valence-electron chi connectivity index (χ3n) is 5.18. The van der Waals surface area contributed by atoms with Gasteiger partial charge in [-0.1, -0.05) is 45.9 Å². The predicted molar refractivity (Wildman–Crippen MR) is 113 cm³/mol. The molecule has 1 aliphatic heterocycles. The summed E-state index contributed by atoms with van der Waals surface area (Å²) >= 11 is 0. The Morgan fingerprint density at radius 2 is 1.68 bits per heavy atom. The molecule has 28 heavy (non-hydrogen) atoms. The lowest BCUT2D eigenvalue weighted by Crippen LogP contribution is -2.47. The summed E-state index contributed by atoms with van der Waals surface area (Å²) in [6.07, 6.45) is 1.25. The van der Waals surface area contributed by atoms with E-state index in [-0.39, 0.29) is 24.6 Å². The maximum atomic E-state index is 12.5. The van der Waals surface area contributed by atoms with Crippen LogP contribution in [0, 0.1) is 0 Å². The summed E-state index contributed by atoms with van der Waals surface area (Å²) in [7, 11) is 0. The molecule has 1 fully saturated rings. The average Bonchev–Trinajstić information content (AvgIpc) is 2.66. The summed E-state index contributed by atoms with van der Waals surface area (Å²) < 4.78 is 5.04. The van der Waals surface area contributed by atoms with E-state index in [1.165, 1.54) is 11.1 Å². The zero-order valence-electron chi connectivity index (χ0n) is 17.9. The van der Waals surface area contributed by atoms with Crippen molar-refractivity contribution >= 4 is 17.7 Å². The van der Waals surface area contributed by atoms with Crippen LogP contribution >= 0.6 is 0 Å². The Bertz CT molecular complexity index is 639. The molecule has 2 amide bonds. The van der Waals surface area contributed by atoms with Crippen LogP contribution in [0.1, 0.15) is 70.4 Å². The van der Waals surface area contributed by atoms with Gasteiger partial charge in [-0.3, -0.25) is 4.79 Å². The second-order valence-electron chi connectivity index (χ2n) is 8.00. The van der Waals surface area contributed by atoms with E-state index in [2.05, 4.69) is 56.5 Å². The maximum Gasteiger partial charge on any atom is 0.409 e. The fourth-order valence-corrected chi connectivity index (χ4v) is 3.62. The van der Waals surface area contributed by atoms with Crippen LogP contribution < -0.4 is 10.6 Å². The minimum absolute atomic E-state index is 0.0112. The van der Waals surface area contributed by atoms with Crippen molar-refractivity contribution < 1.29 is 14.3 Å². The number of hydrogen-bond donors (Lipinski definition) is 2. The van der Waals surface area contributed by atoms with Gasteiger partial charge in [-0.15, -0.1) is 0 Å². The van der Waals surface area contributed by atoms with E-state index >= 15 is 0 Å². The SMILES string of the molecule is CCOC(=O)N1CCC(NC(=O)CNc2c(C(C)C)cccc2C(C)C)CC1. The van der Waals surface area contributed by atoms with Crippen molar-refractivity contribution in [2.75, 3.05) is 31.6 Å². The number of para-hydroxylation sites is 1. The maximum absolute atomic E-state index is 12.5. The van der Waals surface area contributed by atoms with E-state index in [1.54, 1.807) is 11.8 Å². The molecule has 2 rings (SSSR count). The van der Waals surface area contributed by atoms with Gasteiger partial charge in [0, 0.05) is 24.8 Å². The Balaban J connectivity index is 1.89. The number of likely N-dealkylation sites (tertiary alicyclic amines) is 1. The summed E-state index contributed by atoms with van der Waals surface area (Å²) in [6, 6.07) is 6.45. The first-order valence-corrected chi connectivity index (χ1v) is 10.4. The third-order valence-corrected chi connectivity index (χ3v) is 5.18. The number of benzene rings is 1. The molecule has 156 valence electrons. The summed E-state index contributed by atoms with van der Waals surface area (Å²) in [5.41, 5.74) is 3.56. The fraction of sp³-hybridized carbons (Fsp3) is 0.636. The van der Waals surface area contributed by atoms with Crippen molar-refractivity contribution in [2.45, 2.75) is 65.3 Å². The summed E-state index contributed by atoms with van der Waals surface area (Å²) in [6.45, 7) is 12.3. The molecule has 0 spiro atoms. The molecule has 1 heterocycles. The highest BCUT2D eigenvalue weighted by Crippen LogP contribution is 2.32. The minimum Gasteiger partial charge on any atom is -0.450 e. The third kappa shape index (κ3) is 5.88. The number of ether oxygens (including phenoxy) is 1. The molecule has 1 aromatic carbocycles. The number of hydrogen-bond acceptors (Lipinski definition) is 4. The molecule has 0 aromatic heterocycles. The van der Waals surface area contributed by atoms with E-state index in [0.717, 1.165) is 18.5 Å². The van der Waals surface area contributed by atoms with Crippen LogP contribution in [-0.2, 0) is 9.53 Å². The second kappa shape index (κ2) is 10.3. The van der Waals surface area contributed by atoms with Gasteiger partial charge in [0.2, 0.25) is 5.91 Å². The van der Waals surface area contributed by atoms with Crippen molar-refractivity contribution in [3.05, 3.63) is 29.3 Å². The zero-order chi connectivity index (χ0) is 20.7. The minimum atomic E-state index is -0.263. The first-order chi connectivity index (χ1) is 13.3. The molecular formula is C22H35N3O3. The van der Waals surface area contributed by atoms with Crippen molar-refractivity contribution in [1.29, 1.82) is 0 Å². The fourth-order valence-electron chi connectivity index (χ4n) is 3.62. The molecule has 0 saturated carbocycles. The quantitative estimate of drug-likeness (QED) is 0.737. The predicted octanol–water partition coefficient (Wildman–Crippen LogP) is 4.08. The van der Waals surface area contributed by atoms with Crippen molar-refractivity contribution in [1.82, 2.24) is 10.2 Å². The normalized spacial score (nSPS) is 15.0. The van der Waals surface area contributed by atoms with Gasteiger partial charge in [-0.05, 0) is 42.7 Å². The Labute approximate surface area is 169 Å². The van der Waals surface area contributed by atoms with Crippen molar-refractivity contribution in [3.63, 3.8) is 0 Å². The van der Waals surface area contributed by atoms with Crippen LogP contribution in [0.4, 0.5) is 10.5 Å². The monoisotopic (exact) mass is 389 g/mol. The summed E-state index contributed by atoms with van der Waals surface area (Å²) in [5, 5.41) is 6.48. The number of piperidine rings is 1. The average molecular weight is 390 g/mol. The Kier molecular flexibility index (Phi) is 8.15. The Morgan fingerprint density at radius 1 is 1.11 bits per heavy atom. The standard InChI is InChI=1S/C22H35N3O3/c1-6-28-22(27)25-12-10-17(11-13-25)24-20(26)14-23-21-18(15(2)3)8-7-9-19(21)16(4)5/h7-9,15-17,23H,6,10-14H2,1-5H3,(H,24,26). The van der Waals surface area contributed by atoms with Gasteiger partial charge in [-0.2, -0.15) is 0 Å². The van der Waals surface area contributed by atoms with E-state index in [9.17, 15) is 9.59 Å². The van der Waals surface area contributed by atoms with Crippen LogP contribution in [0.5, 0.6) is 0 Å². The van der Waals surface area contributed by atoms with Crippen LogP contribution in [0.3, 0.4) is 0 Å². The van der Waals surface area contributed by atoms with Crippen LogP contribution in [0.15, 0.2) is 18.2 Å². The van der Waals surface area contributed by atoms with E-state index < -0.39 is 0 Å². The van der Waals surface area contributed by atoms with Gasteiger partial charge in [0.25, 0.3) is 0 Å². The first-order valence-electron chi connectivity index (χ1n) is 10.4. The second-order valence-corrected chi connectivity index (χ2v) is 8.00. The van der Waals surface area contributed by atoms with Gasteiger partial charge >= 0.3 is 6.09 Å². The number of nitrogens with one attached hydrogen (secondary N) is 2. The number of nitrogens with zero attached hydrogens (tertiary/aromatic N) is 1. The largest absolute Gasteiger partial charge is 0.450 e. The smallest absolute Gasteiger partial charge is 0.409 e. The van der Waals surface area contributed by atoms with Gasteiger partial charge < -0.3 is 20.3 Å². The molecule has 2 N–H and O–H groups in total. The molecule has 6 heteroatoms. The Morgan fingerprint density at radius 3 is 2.18 bits per heavy atom. The van der Waals surface area contributed by atoms with E-state index in [1.807, 2.05) is 0 Å². The van der Waals surface area contributed by atoms with Gasteiger partial charge in [0.1, 0.15) is 0 Å². The van der Waals surface area contributed by atoms with Crippen LogP contribution in [0.25, 0.3) is 0 Å². The summed E-state index contributed by atoms with van der Waals surface area (Å²) in [5.74, 6) is 0.760. The number of carbonyl (C=O) groups is 2. The number of amides is 2. The zero-order valence-corrected chi connectivity index (χ0v) is 17.9. The van der Waals surface area contributed by atoms with Gasteiger partial charge in [-0.25, -0.2) is 4.79 Å². The first kappa shape index (κ1) is 22.1. The lowest BCUT2D eigenvalue weighted by atomic mass is 9.92. The highest BCUT2D eigenvalue weighted by Gasteiger charge is 2.24. The number of anilines is 1. The van der Waals surface area contributed by atoms with Crippen molar-refractivity contribution in [3.8, 4) is 0 Å². The molecule has 0 bridgehead atoms. The molecule has 6 nitrogen and oxygen atoms in total. The van der Waals surface area contributed by atoms with Gasteiger partial charge in [0.05, 0.1) is 13.2 Å². The van der Waals surface area contributed by atoms with Crippen LogP contribution in [0.2, 0.25) is 0 Å². The van der Waals surface area contributed by atoms with E-state index in [4.69, 9.17) is 4.74 Å². The highest BCUT2D eigenvalue weighted by atomic mass is 16.6. The molecule has 0 unspecified atom stereocenters. The molecule has 0 aliphatic carbocycles. The topological polar surface area (TPSA) is 70.7 Å².